The van der Waals surface area contributed by atoms with E-state index in [1.54, 1.807) is 55.5 Å². The van der Waals surface area contributed by atoms with Crippen molar-refractivity contribution in [3.8, 4) is 0 Å². The molecule has 0 aliphatic heterocycles. The summed E-state index contributed by atoms with van der Waals surface area (Å²) in [7, 11) is 0. The predicted octanol–water partition coefficient (Wildman–Crippen LogP) is 3.24. The van der Waals surface area contributed by atoms with Gasteiger partial charge in [-0.1, -0.05) is 67.1 Å². The van der Waals surface area contributed by atoms with Crippen LogP contribution in [0, 0.1) is 23.7 Å². The van der Waals surface area contributed by atoms with Crippen molar-refractivity contribution in [3.63, 3.8) is 0 Å². The molecule has 2 bridgehead atoms. The van der Waals surface area contributed by atoms with Gasteiger partial charge in [0, 0.05) is 5.92 Å². The van der Waals surface area contributed by atoms with E-state index in [2.05, 4.69) is 16.0 Å². The second-order valence-electron chi connectivity index (χ2n) is 10.3. The van der Waals surface area contributed by atoms with Gasteiger partial charge in [0.2, 0.25) is 11.8 Å². The number of aliphatic carboxylic acids is 1. The Morgan fingerprint density at radius 3 is 2.13 bits per heavy atom. The molecule has 2 fully saturated rings. The first-order valence-corrected chi connectivity index (χ1v) is 13.1. The number of hydrogen-bond acceptors (Lipinski definition) is 5. The van der Waals surface area contributed by atoms with E-state index < -0.39 is 36.1 Å². The van der Waals surface area contributed by atoms with Crippen molar-refractivity contribution in [2.24, 2.45) is 23.7 Å². The van der Waals surface area contributed by atoms with E-state index in [4.69, 9.17) is 4.74 Å². The lowest BCUT2D eigenvalue weighted by Gasteiger charge is -2.27. The van der Waals surface area contributed by atoms with Gasteiger partial charge in [-0.25, -0.2) is 4.79 Å². The predicted molar refractivity (Wildman–Crippen MR) is 140 cm³/mol. The second-order valence-corrected chi connectivity index (χ2v) is 10.3. The van der Waals surface area contributed by atoms with Crippen molar-refractivity contribution in [2.45, 2.75) is 57.8 Å². The minimum atomic E-state index is -1.43. The first-order valence-electron chi connectivity index (χ1n) is 13.1. The van der Waals surface area contributed by atoms with E-state index in [1.165, 1.54) is 6.42 Å². The summed E-state index contributed by atoms with van der Waals surface area (Å²) in [5.74, 6) is -2.39. The largest absolute Gasteiger partial charge is 0.481 e. The number of carbonyl (C=O) groups is 4. The van der Waals surface area contributed by atoms with Crippen LogP contribution in [-0.4, -0.2) is 41.2 Å². The lowest BCUT2D eigenvalue weighted by Crippen LogP contribution is -2.58. The van der Waals surface area contributed by atoms with Gasteiger partial charge in [0.25, 0.3) is 0 Å². The number of fused-ring (bicyclic) bond motifs is 2. The number of carboxylic acids is 1. The van der Waals surface area contributed by atoms with Crippen LogP contribution in [0.5, 0.6) is 0 Å². The van der Waals surface area contributed by atoms with Gasteiger partial charge < -0.3 is 25.8 Å². The van der Waals surface area contributed by atoms with E-state index in [1.807, 2.05) is 12.1 Å². The summed E-state index contributed by atoms with van der Waals surface area (Å²) in [5, 5.41) is 18.0. The maximum absolute atomic E-state index is 13.3. The van der Waals surface area contributed by atoms with Crippen LogP contribution in [0.15, 0.2) is 60.7 Å². The molecule has 2 saturated carbocycles. The maximum Gasteiger partial charge on any atom is 0.408 e. The Kier molecular flexibility index (Phi) is 8.99. The lowest BCUT2D eigenvalue weighted by atomic mass is 9.88. The monoisotopic (exact) mass is 521 g/mol. The van der Waals surface area contributed by atoms with Gasteiger partial charge >= 0.3 is 12.1 Å². The molecule has 202 valence electrons. The number of carboxylic acid groups (broad SMARTS) is 1. The summed E-state index contributed by atoms with van der Waals surface area (Å²) in [6, 6.07) is 16.5. The third-order valence-corrected chi connectivity index (χ3v) is 7.58. The molecular weight excluding hydrogens is 486 g/mol. The molecule has 2 aliphatic carbocycles. The Hall–Kier alpha value is -3.88. The second kappa shape index (κ2) is 12.6. The molecule has 0 saturated heterocycles. The van der Waals surface area contributed by atoms with E-state index in [9.17, 15) is 24.3 Å². The molecule has 2 aromatic rings. The maximum atomic E-state index is 13.3. The molecule has 4 N–H and O–H groups in total. The molecule has 2 aliphatic rings. The average Bonchev–Trinajstić information content (AvgIpc) is 3.54. The molecule has 4 rings (SSSR count). The number of nitrogens with one attached hydrogen (secondary N) is 3. The highest BCUT2D eigenvalue weighted by atomic mass is 16.5. The van der Waals surface area contributed by atoms with Crippen LogP contribution in [0.1, 0.15) is 43.7 Å². The molecule has 2 aromatic carbocycles. The number of rotatable bonds is 11. The number of hydrogen-bond donors (Lipinski definition) is 4. The van der Waals surface area contributed by atoms with Crippen LogP contribution >= 0.6 is 0 Å². The topological polar surface area (TPSA) is 134 Å². The number of benzene rings is 2. The Labute approximate surface area is 222 Å². The number of carbonyl (C=O) groups excluding carboxylic acids is 3. The number of alkyl carbamates (subject to hydrolysis) is 1. The van der Waals surface area contributed by atoms with Crippen molar-refractivity contribution in [2.75, 3.05) is 0 Å². The third-order valence-electron chi connectivity index (χ3n) is 7.58. The fraction of sp³-hybridized carbons (Fsp3) is 0.448. The Bertz CT molecular complexity index is 1130. The molecule has 9 heteroatoms. The van der Waals surface area contributed by atoms with Gasteiger partial charge in [0.1, 0.15) is 12.6 Å². The summed E-state index contributed by atoms with van der Waals surface area (Å²) < 4.78 is 5.26. The van der Waals surface area contributed by atoms with Gasteiger partial charge in [-0.3, -0.25) is 14.4 Å². The zero-order valence-corrected chi connectivity index (χ0v) is 21.5. The van der Waals surface area contributed by atoms with Crippen molar-refractivity contribution in [1.82, 2.24) is 16.0 Å². The standard InChI is InChI=1S/C29H35N3O6/c1-18(30-26(33)23-16-21-12-13-22(23)14-21)31-27(34)25(24(28(35)36)15-19-8-4-2-5-9-19)32-29(37)38-17-20-10-6-3-7-11-20/h2-11,18,21-25H,12-17H2,1H3,(H,30,33)(H,31,34)(H,32,37)(H,35,36)/t18-,21?,22?,23?,24?,25+/m1/s1. The SMILES string of the molecule is C[C@H](NC(=O)C1CC2CCC1C2)NC(=O)[C@@H](NC(=O)OCc1ccccc1)C(Cc1ccccc1)C(=O)O. The Morgan fingerprint density at radius 2 is 1.55 bits per heavy atom. The fourth-order valence-electron chi connectivity index (χ4n) is 5.68. The molecule has 38 heavy (non-hydrogen) atoms. The van der Waals surface area contributed by atoms with Crippen LogP contribution < -0.4 is 16.0 Å². The number of ether oxygens (including phenoxy) is 1. The van der Waals surface area contributed by atoms with Gasteiger partial charge in [-0.2, -0.15) is 0 Å². The van der Waals surface area contributed by atoms with E-state index in [0.717, 1.165) is 24.8 Å². The van der Waals surface area contributed by atoms with Crippen LogP contribution in [0.4, 0.5) is 4.79 Å². The zero-order valence-electron chi connectivity index (χ0n) is 21.5. The van der Waals surface area contributed by atoms with Crippen molar-refractivity contribution >= 4 is 23.9 Å². The summed E-state index contributed by atoms with van der Waals surface area (Å²) in [6.07, 6.45) is 2.53. The van der Waals surface area contributed by atoms with Crippen LogP contribution in [0.3, 0.4) is 0 Å². The van der Waals surface area contributed by atoms with E-state index in [0.29, 0.717) is 17.4 Å². The van der Waals surface area contributed by atoms with Gasteiger partial charge in [-0.05, 0) is 55.6 Å². The van der Waals surface area contributed by atoms with Gasteiger partial charge in [-0.15, -0.1) is 0 Å². The average molecular weight is 522 g/mol. The lowest BCUT2D eigenvalue weighted by molar-refractivity contribution is -0.145. The van der Waals surface area contributed by atoms with Crippen LogP contribution in [-0.2, 0) is 32.1 Å². The van der Waals surface area contributed by atoms with Crippen molar-refractivity contribution in [1.29, 1.82) is 0 Å². The minimum Gasteiger partial charge on any atom is -0.481 e. The quantitative estimate of drug-likeness (QED) is 0.336. The van der Waals surface area contributed by atoms with Crippen molar-refractivity contribution in [3.05, 3.63) is 71.8 Å². The molecular formula is C29H35N3O6. The van der Waals surface area contributed by atoms with Gasteiger partial charge in [0.05, 0.1) is 12.1 Å². The first kappa shape index (κ1) is 27.2. The van der Waals surface area contributed by atoms with E-state index >= 15 is 0 Å². The molecule has 0 radical (unpaired) electrons. The Balaban J connectivity index is 1.42. The highest BCUT2D eigenvalue weighted by molar-refractivity contribution is 5.91. The van der Waals surface area contributed by atoms with Crippen molar-refractivity contribution < 1.29 is 29.0 Å². The summed E-state index contributed by atoms with van der Waals surface area (Å²) in [5.41, 5.74) is 1.45. The van der Waals surface area contributed by atoms with Gasteiger partial charge in [0.15, 0.2) is 0 Å². The Morgan fingerprint density at radius 1 is 0.895 bits per heavy atom. The third kappa shape index (κ3) is 7.12. The smallest absolute Gasteiger partial charge is 0.408 e. The van der Waals surface area contributed by atoms with Crippen LogP contribution in [0.25, 0.3) is 0 Å². The molecule has 0 aromatic heterocycles. The fourth-order valence-corrected chi connectivity index (χ4v) is 5.68. The molecule has 4 unspecified atom stereocenters. The normalized spacial score (nSPS) is 22.1. The summed E-state index contributed by atoms with van der Waals surface area (Å²) in [4.78, 5) is 51.1. The summed E-state index contributed by atoms with van der Waals surface area (Å²) in [6.45, 7) is 1.59. The molecule has 3 amide bonds. The molecule has 9 nitrogen and oxygen atoms in total. The first-order chi connectivity index (χ1) is 18.3. The molecule has 6 atom stereocenters. The highest BCUT2D eigenvalue weighted by Gasteiger charge is 2.43. The molecule has 0 spiro atoms. The zero-order chi connectivity index (χ0) is 27.1. The minimum absolute atomic E-state index is 0.0130. The van der Waals surface area contributed by atoms with Crippen LogP contribution in [0.2, 0.25) is 0 Å². The number of amides is 3. The van der Waals surface area contributed by atoms with E-state index in [-0.39, 0.29) is 24.9 Å². The highest BCUT2D eigenvalue weighted by Crippen LogP contribution is 2.48. The molecule has 0 heterocycles. The summed E-state index contributed by atoms with van der Waals surface area (Å²) >= 11 is 0.